The third-order valence-corrected chi connectivity index (χ3v) is 7.05. The van der Waals surface area contributed by atoms with Crippen molar-refractivity contribution in [1.82, 2.24) is 9.21 Å². The lowest BCUT2D eigenvalue weighted by molar-refractivity contribution is -0.137. The molecule has 1 aliphatic rings. The Bertz CT molecular complexity index is 1030. The van der Waals surface area contributed by atoms with Crippen molar-refractivity contribution < 1.29 is 26.4 Å². The van der Waals surface area contributed by atoms with Crippen LogP contribution in [-0.2, 0) is 16.2 Å². The van der Waals surface area contributed by atoms with Crippen molar-refractivity contribution in [2.45, 2.75) is 18.0 Å². The minimum absolute atomic E-state index is 0.0353. The van der Waals surface area contributed by atoms with Gasteiger partial charge in [0.1, 0.15) is 4.90 Å². The molecule has 2 aromatic rings. The molecule has 29 heavy (non-hydrogen) atoms. The molecule has 1 heterocycles. The first kappa shape index (κ1) is 21.6. The number of nitrogens with zero attached hydrogens (tertiary/aromatic N) is 2. The number of halogens is 4. The predicted octanol–water partition coefficient (Wildman–Crippen LogP) is 3.81. The Morgan fingerprint density at radius 3 is 2.28 bits per heavy atom. The molecule has 0 N–H and O–H groups in total. The lowest BCUT2D eigenvalue weighted by Gasteiger charge is -2.34. The molecule has 1 saturated heterocycles. The van der Waals surface area contributed by atoms with E-state index in [1.54, 1.807) is 18.2 Å². The number of aryl methyl sites for hydroxylation is 1. The van der Waals surface area contributed by atoms with Crippen molar-refractivity contribution in [3.63, 3.8) is 0 Å². The summed E-state index contributed by atoms with van der Waals surface area (Å²) in [6.07, 6.45) is -4.69. The van der Waals surface area contributed by atoms with Gasteiger partial charge < -0.3 is 4.90 Å². The average molecular weight is 447 g/mol. The van der Waals surface area contributed by atoms with E-state index in [1.165, 1.54) is 4.90 Å². The largest absolute Gasteiger partial charge is 0.416 e. The van der Waals surface area contributed by atoms with Gasteiger partial charge in [0.2, 0.25) is 10.0 Å². The highest BCUT2D eigenvalue weighted by molar-refractivity contribution is 7.89. The van der Waals surface area contributed by atoms with Crippen molar-refractivity contribution in [1.29, 1.82) is 0 Å². The summed E-state index contributed by atoms with van der Waals surface area (Å²) < 4.78 is 65.6. The number of hydrogen-bond donors (Lipinski definition) is 0. The van der Waals surface area contributed by atoms with E-state index in [1.807, 2.05) is 13.0 Å². The molecule has 0 unspecified atom stereocenters. The van der Waals surface area contributed by atoms with E-state index in [0.717, 1.165) is 22.0 Å². The quantitative estimate of drug-likeness (QED) is 0.720. The fourth-order valence-electron chi connectivity index (χ4n) is 3.11. The zero-order chi connectivity index (χ0) is 21.4. The van der Waals surface area contributed by atoms with Gasteiger partial charge >= 0.3 is 6.18 Å². The second-order valence-electron chi connectivity index (χ2n) is 6.71. The lowest BCUT2D eigenvalue weighted by atomic mass is 10.1. The van der Waals surface area contributed by atoms with Gasteiger partial charge in [-0.25, -0.2) is 8.42 Å². The molecule has 1 aliphatic heterocycles. The van der Waals surface area contributed by atoms with E-state index in [2.05, 4.69) is 0 Å². The summed E-state index contributed by atoms with van der Waals surface area (Å²) in [6, 6.07) is 9.25. The lowest BCUT2D eigenvalue weighted by Crippen LogP contribution is -2.50. The molecule has 0 saturated carbocycles. The van der Waals surface area contributed by atoms with Crippen LogP contribution in [0.3, 0.4) is 0 Å². The van der Waals surface area contributed by atoms with Crippen LogP contribution >= 0.6 is 11.6 Å². The smallest absolute Gasteiger partial charge is 0.336 e. The first-order valence-electron chi connectivity index (χ1n) is 8.73. The van der Waals surface area contributed by atoms with E-state index in [-0.39, 0.29) is 37.1 Å². The van der Waals surface area contributed by atoms with E-state index >= 15 is 0 Å². The van der Waals surface area contributed by atoms with E-state index < -0.39 is 26.7 Å². The van der Waals surface area contributed by atoms with Crippen LogP contribution < -0.4 is 0 Å². The molecule has 5 nitrogen and oxygen atoms in total. The Morgan fingerprint density at radius 1 is 1.03 bits per heavy atom. The molecule has 0 spiro atoms. The zero-order valence-electron chi connectivity index (χ0n) is 15.4. The van der Waals surface area contributed by atoms with E-state index in [0.29, 0.717) is 11.6 Å². The van der Waals surface area contributed by atoms with Crippen molar-refractivity contribution in [2.24, 2.45) is 0 Å². The maximum absolute atomic E-state index is 13.0. The number of carbonyl (C=O) groups is 1. The van der Waals surface area contributed by atoms with Gasteiger partial charge in [-0.1, -0.05) is 29.3 Å². The monoisotopic (exact) mass is 446 g/mol. The number of amides is 1. The number of hydrogen-bond acceptors (Lipinski definition) is 3. The Hall–Kier alpha value is -2.10. The first-order chi connectivity index (χ1) is 13.5. The maximum atomic E-state index is 13.0. The minimum atomic E-state index is -4.69. The summed E-state index contributed by atoms with van der Waals surface area (Å²) in [5, 5.41) is -0.281. The van der Waals surface area contributed by atoms with Crippen molar-refractivity contribution >= 4 is 27.5 Å². The average Bonchev–Trinajstić information content (AvgIpc) is 2.67. The summed E-state index contributed by atoms with van der Waals surface area (Å²) in [5.74, 6) is -0.220. The molecule has 2 aromatic carbocycles. The normalized spacial score (nSPS) is 16.1. The van der Waals surface area contributed by atoms with Gasteiger partial charge in [0.05, 0.1) is 10.6 Å². The summed E-state index contributed by atoms with van der Waals surface area (Å²) in [7, 11) is -4.23. The first-order valence-corrected chi connectivity index (χ1v) is 10.5. The predicted molar refractivity (Wildman–Crippen MR) is 102 cm³/mol. The van der Waals surface area contributed by atoms with Crippen LogP contribution in [0.25, 0.3) is 0 Å². The summed E-state index contributed by atoms with van der Waals surface area (Å²) >= 11 is 5.89. The molecule has 0 bridgehead atoms. The maximum Gasteiger partial charge on any atom is 0.416 e. The molecule has 0 radical (unpaired) electrons. The van der Waals surface area contributed by atoms with Gasteiger partial charge in [-0.3, -0.25) is 4.79 Å². The Balaban J connectivity index is 1.77. The SMILES string of the molecule is Cc1cccc(C(=O)N2CCN(S(=O)(=O)c3cc(C(F)(F)F)ccc3Cl)CC2)c1. The van der Waals surface area contributed by atoms with Crippen molar-refractivity contribution in [2.75, 3.05) is 26.2 Å². The molecular weight excluding hydrogens is 429 g/mol. The highest BCUT2D eigenvalue weighted by atomic mass is 35.5. The van der Waals surface area contributed by atoms with Crippen LogP contribution in [0.2, 0.25) is 5.02 Å². The van der Waals surface area contributed by atoms with Crippen LogP contribution in [0.15, 0.2) is 47.4 Å². The fraction of sp³-hybridized carbons (Fsp3) is 0.316. The standard InChI is InChI=1S/C19H18ClF3N2O3S/c1-13-3-2-4-14(11-13)18(26)24-7-9-25(10-8-24)29(27,28)17-12-15(19(21,22)23)5-6-16(17)20/h2-6,11-12H,7-10H2,1H3. The summed E-state index contributed by atoms with van der Waals surface area (Å²) in [6.45, 7) is 2.05. The number of alkyl halides is 3. The highest BCUT2D eigenvalue weighted by Crippen LogP contribution is 2.34. The molecule has 0 aliphatic carbocycles. The minimum Gasteiger partial charge on any atom is -0.336 e. The fourth-order valence-corrected chi connectivity index (χ4v) is 5.03. The highest BCUT2D eigenvalue weighted by Gasteiger charge is 2.36. The third-order valence-electron chi connectivity index (χ3n) is 4.67. The molecule has 0 aromatic heterocycles. The Labute approximate surface area is 171 Å². The van der Waals surface area contributed by atoms with Crippen molar-refractivity contribution in [3.8, 4) is 0 Å². The zero-order valence-corrected chi connectivity index (χ0v) is 17.0. The Kier molecular flexibility index (Phi) is 5.93. The third kappa shape index (κ3) is 4.57. The van der Waals surface area contributed by atoms with Gasteiger partial charge in [0, 0.05) is 31.7 Å². The molecule has 10 heteroatoms. The Morgan fingerprint density at radius 2 is 1.69 bits per heavy atom. The van der Waals surface area contributed by atoms with Crippen LogP contribution in [0.5, 0.6) is 0 Å². The van der Waals surface area contributed by atoms with Crippen LogP contribution in [-0.4, -0.2) is 49.7 Å². The molecule has 3 rings (SSSR count). The van der Waals surface area contributed by atoms with Gasteiger partial charge in [-0.2, -0.15) is 17.5 Å². The van der Waals surface area contributed by atoms with Crippen molar-refractivity contribution in [3.05, 3.63) is 64.2 Å². The van der Waals surface area contributed by atoms with E-state index in [4.69, 9.17) is 11.6 Å². The van der Waals surface area contributed by atoms with Gasteiger partial charge in [0.15, 0.2) is 0 Å². The number of carbonyl (C=O) groups excluding carboxylic acids is 1. The molecule has 156 valence electrons. The van der Waals surface area contributed by atoms with Crippen LogP contribution in [0.1, 0.15) is 21.5 Å². The van der Waals surface area contributed by atoms with Gasteiger partial charge in [-0.15, -0.1) is 0 Å². The van der Waals surface area contributed by atoms with Gasteiger partial charge in [-0.05, 0) is 37.3 Å². The van der Waals surface area contributed by atoms with Crippen LogP contribution in [0, 0.1) is 6.92 Å². The summed E-state index contributed by atoms with van der Waals surface area (Å²) in [4.78, 5) is 13.5. The number of piperazine rings is 1. The molecule has 0 atom stereocenters. The van der Waals surface area contributed by atoms with Crippen LogP contribution in [0.4, 0.5) is 13.2 Å². The number of benzene rings is 2. The topological polar surface area (TPSA) is 57.7 Å². The molecular formula is C19H18ClF3N2O3S. The number of sulfonamides is 1. The van der Waals surface area contributed by atoms with E-state index in [9.17, 15) is 26.4 Å². The number of rotatable bonds is 3. The second-order valence-corrected chi connectivity index (χ2v) is 9.02. The summed E-state index contributed by atoms with van der Waals surface area (Å²) in [5.41, 5.74) is 0.340. The second kappa shape index (κ2) is 7.97. The molecule has 1 fully saturated rings. The van der Waals surface area contributed by atoms with Gasteiger partial charge in [0.25, 0.3) is 5.91 Å². The molecule has 1 amide bonds.